The topological polar surface area (TPSA) is 85.7 Å². The van der Waals surface area contributed by atoms with E-state index in [2.05, 4.69) is 16.3 Å². The van der Waals surface area contributed by atoms with Crippen LogP contribution < -0.4 is 10.2 Å². The molecule has 0 aromatic heterocycles. The number of ether oxygens (including phenoxy) is 1. The summed E-state index contributed by atoms with van der Waals surface area (Å²) in [4.78, 5) is 26.8. The normalized spacial score (nSPS) is 13.8. The summed E-state index contributed by atoms with van der Waals surface area (Å²) < 4.78 is 44.7. The summed E-state index contributed by atoms with van der Waals surface area (Å²) in [6.45, 7) is 3.12. The first kappa shape index (κ1) is 31.6. The van der Waals surface area contributed by atoms with Gasteiger partial charge in [-0.1, -0.05) is 42.5 Å². The largest absolute Gasteiger partial charge is 0.471 e. The highest BCUT2D eigenvalue weighted by Crippen LogP contribution is 2.38. The third-order valence-electron chi connectivity index (χ3n) is 7.44. The molecule has 3 aromatic rings. The molecule has 0 spiro atoms. The molecule has 1 heterocycles. The van der Waals surface area contributed by atoms with Gasteiger partial charge in [0.05, 0.1) is 29.6 Å². The van der Waals surface area contributed by atoms with Gasteiger partial charge in [0.2, 0.25) is 5.91 Å². The average Bonchev–Trinajstić information content (AvgIpc) is 3.00. The van der Waals surface area contributed by atoms with Crippen molar-refractivity contribution < 1.29 is 27.5 Å². The lowest BCUT2D eigenvalue weighted by Crippen LogP contribution is -2.45. The number of nitriles is 1. The maximum atomic E-state index is 12.9. The van der Waals surface area contributed by atoms with E-state index in [1.807, 2.05) is 54.6 Å². The highest BCUT2D eigenvalue weighted by Gasteiger charge is 2.43. The van der Waals surface area contributed by atoms with E-state index in [4.69, 9.17) is 4.74 Å². The summed E-state index contributed by atoms with van der Waals surface area (Å²) in [5.74, 6) is -2.10. The van der Waals surface area contributed by atoms with E-state index < -0.39 is 12.1 Å². The molecule has 1 saturated heterocycles. The molecule has 1 fully saturated rings. The van der Waals surface area contributed by atoms with E-state index in [1.54, 1.807) is 18.2 Å². The number of carbonyl (C=O) groups is 2. The molecule has 226 valence electrons. The summed E-state index contributed by atoms with van der Waals surface area (Å²) in [5.41, 5.74) is 4.59. The van der Waals surface area contributed by atoms with E-state index in [0.717, 1.165) is 40.2 Å². The van der Waals surface area contributed by atoms with Crippen molar-refractivity contribution in [2.75, 3.05) is 36.5 Å². The van der Waals surface area contributed by atoms with Crippen molar-refractivity contribution >= 4 is 28.9 Å². The number of carbonyl (C=O) groups excluding carboxylic acids is 2. The first-order valence-corrected chi connectivity index (χ1v) is 14.3. The molecule has 7 nitrogen and oxygen atoms in total. The molecule has 1 N–H and O–H groups in total. The highest BCUT2D eigenvalue weighted by molar-refractivity contribution is 5.94. The number of hydrogen-bond donors (Lipinski definition) is 1. The van der Waals surface area contributed by atoms with Crippen molar-refractivity contribution in [3.63, 3.8) is 0 Å². The maximum absolute atomic E-state index is 12.9. The zero-order valence-electron chi connectivity index (χ0n) is 24.1. The van der Waals surface area contributed by atoms with Crippen LogP contribution in [0.5, 0.6) is 0 Å². The van der Waals surface area contributed by atoms with Gasteiger partial charge in [0.25, 0.3) is 0 Å². The Labute approximate surface area is 249 Å². The van der Waals surface area contributed by atoms with Gasteiger partial charge in [-0.25, -0.2) is 0 Å². The third-order valence-corrected chi connectivity index (χ3v) is 7.44. The van der Waals surface area contributed by atoms with Crippen LogP contribution in [0, 0.1) is 11.3 Å². The minimum atomic E-state index is -4.88. The summed E-state index contributed by atoms with van der Waals surface area (Å²) in [7, 11) is 0. The fraction of sp³-hybridized carbons (Fsp3) is 0.364. The van der Waals surface area contributed by atoms with Crippen LogP contribution in [0.4, 0.5) is 30.2 Å². The Balaban J connectivity index is 1.54. The lowest BCUT2D eigenvalue weighted by atomic mass is 9.88. The molecule has 0 saturated carbocycles. The van der Waals surface area contributed by atoms with E-state index in [1.165, 1.54) is 6.92 Å². The molecule has 0 radical (unpaired) electrons. The second kappa shape index (κ2) is 14.7. The molecular weight excluding hydrogens is 557 g/mol. The Morgan fingerprint density at radius 2 is 1.77 bits per heavy atom. The van der Waals surface area contributed by atoms with Crippen molar-refractivity contribution in [2.24, 2.45) is 0 Å². The Kier molecular flexibility index (Phi) is 10.8. The summed E-state index contributed by atoms with van der Waals surface area (Å²) in [6.07, 6.45) is -2.56. The van der Waals surface area contributed by atoms with E-state index in [0.29, 0.717) is 43.9 Å². The number of benzene rings is 3. The molecule has 1 aliphatic heterocycles. The molecule has 1 aliphatic rings. The Hall–Kier alpha value is -4.36. The molecular formula is C33H35F3N4O3. The summed E-state index contributed by atoms with van der Waals surface area (Å²) >= 11 is 0. The molecule has 0 aliphatic carbocycles. The van der Waals surface area contributed by atoms with Gasteiger partial charge in [-0.05, 0) is 73.1 Å². The van der Waals surface area contributed by atoms with Crippen LogP contribution in [0.15, 0.2) is 72.8 Å². The molecule has 4 rings (SSSR count). The monoisotopic (exact) mass is 592 g/mol. The number of piperidine rings is 1. The van der Waals surface area contributed by atoms with Crippen molar-refractivity contribution in [1.29, 1.82) is 5.26 Å². The number of nitrogens with zero attached hydrogens (tertiary/aromatic N) is 3. The number of anilines is 3. The molecule has 10 heteroatoms. The molecule has 0 bridgehead atoms. The number of amides is 2. The highest BCUT2D eigenvalue weighted by atomic mass is 19.4. The standard InChI is InChI=1S/C33H35F3N4O3/c1-24(41)38-30-13-12-28(27-14-17-39(18-15-27)32(42)33(34,35)36)21-31(30)40(29-11-7-10-26(20-29)22-37)16-5-6-19-43-23-25-8-3-2-4-9-25/h2-4,7-13,20-21,27H,5-6,14-19,23H2,1H3,(H,38,41). The number of alkyl halides is 3. The minimum absolute atomic E-state index is 0.0166. The fourth-order valence-electron chi connectivity index (χ4n) is 5.29. The third kappa shape index (κ3) is 8.82. The van der Waals surface area contributed by atoms with Crippen molar-refractivity contribution in [2.45, 2.75) is 51.3 Å². The molecule has 3 aromatic carbocycles. The van der Waals surface area contributed by atoms with Gasteiger partial charge in [0.1, 0.15) is 0 Å². The van der Waals surface area contributed by atoms with Crippen LogP contribution in [-0.2, 0) is 20.9 Å². The second-order valence-corrected chi connectivity index (χ2v) is 10.6. The number of hydrogen-bond acceptors (Lipinski definition) is 5. The maximum Gasteiger partial charge on any atom is 0.471 e. The van der Waals surface area contributed by atoms with Gasteiger partial charge in [-0.2, -0.15) is 18.4 Å². The van der Waals surface area contributed by atoms with Crippen LogP contribution in [-0.4, -0.2) is 49.1 Å². The van der Waals surface area contributed by atoms with Crippen LogP contribution in [0.3, 0.4) is 0 Å². The first-order valence-electron chi connectivity index (χ1n) is 14.3. The van der Waals surface area contributed by atoms with E-state index in [-0.39, 0.29) is 24.9 Å². The zero-order chi connectivity index (χ0) is 30.8. The quantitative estimate of drug-likeness (QED) is 0.244. The van der Waals surface area contributed by atoms with Gasteiger partial charge < -0.3 is 19.9 Å². The fourth-order valence-corrected chi connectivity index (χ4v) is 5.29. The zero-order valence-corrected chi connectivity index (χ0v) is 24.1. The minimum Gasteiger partial charge on any atom is -0.377 e. The Morgan fingerprint density at radius 3 is 2.44 bits per heavy atom. The molecule has 0 atom stereocenters. The van der Waals surface area contributed by atoms with Gasteiger partial charge in [0, 0.05) is 38.9 Å². The summed E-state index contributed by atoms with van der Waals surface area (Å²) in [5, 5.41) is 12.4. The first-order chi connectivity index (χ1) is 20.7. The predicted molar refractivity (Wildman–Crippen MR) is 159 cm³/mol. The van der Waals surface area contributed by atoms with Crippen LogP contribution in [0.1, 0.15) is 55.2 Å². The number of likely N-dealkylation sites (tertiary alicyclic amines) is 1. The van der Waals surface area contributed by atoms with Crippen LogP contribution >= 0.6 is 0 Å². The van der Waals surface area contributed by atoms with Crippen LogP contribution in [0.2, 0.25) is 0 Å². The number of nitrogens with one attached hydrogen (secondary N) is 1. The van der Waals surface area contributed by atoms with E-state index >= 15 is 0 Å². The van der Waals surface area contributed by atoms with Crippen molar-refractivity contribution in [3.05, 3.63) is 89.5 Å². The van der Waals surface area contributed by atoms with Gasteiger partial charge in [0.15, 0.2) is 0 Å². The van der Waals surface area contributed by atoms with Crippen LogP contribution in [0.25, 0.3) is 0 Å². The van der Waals surface area contributed by atoms with E-state index in [9.17, 15) is 28.0 Å². The lowest BCUT2D eigenvalue weighted by molar-refractivity contribution is -0.186. The number of halogens is 3. The average molecular weight is 593 g/mol. The Morgan fingerprint density at radius 1 is 1.02 bits per heavy atom. The van der Waals surface area contributed by atoms with Gasteiger partial charge in [-0.15, -0.1) is 0 Å². The van der Waals surface area contributed by atoms with Gasteiger partial charge in [-0.3, -0.25) is 9.59 Å². The summed E-state index contributed by atoms with van der Waals surface area (Å²) in [6, 6.07) is 25.0. The second-order valence-electron chi connectivity index (χ2n) is 10.6. The molecule has 43 heavy (non-hydrogen) atoms. The lowest BCUT2D eigenvalue weighted by Gasteiger charge is -2.34. The SMILES string of the molecule is CC(=O)Nc1ccc(C2CCN(C(=O)C(F)(F)F)CC2)cc1N(CCCCOCc1ccccc1)c1cccc(C#N)c1. The predicted octanol–water partition coefficient (Wildman–Crippen LogP) is 6.92. The Bertz CT molecular complexity index is 1430. The van der Waals surface area contributed by atoms with Gasteiger partial charge >= 0.3 is 12.1 Å². The number of unbranched alkanes of at least 4 members (excludes halogenated alkanes) is 1. The van der Waals surface area contributed by atoms with Crippen molar-refractivity contribution in [3.8, 4) is 6.07 Å². The molecule has 0 unspecified atom stereocenters. The smallest absolute Gasteiger partial charge is 0.377 e. The number of rotatable bonds is 11. The molecule has 2 amide bonds. The van der Waals surface area contributed by atoms with Crippen molar-refractivity contribution in [1.82, 2.24) is 4.90 Å².